The van der Waals surface area contributed by atoms with Crippen molar-refractivity contribution in [3.63, 3.8) is 0 Å². The summed E-state index contributed by atoms with van der Waals surface area (Å²) >= 11 is 0. The molecule has 0 spiro atoms. The van der Waals surface area contributed by atoms with Crippen molar-refractivity contribution in [3.8, 4) is 0 Å². The number of alkyl halides is 1. The Balaban J connectivity index is 3.10. The highest BCUT2D eigenvalue weighted by Gasteiger charge is 2.21. The van der Waals surface area contributed by atoms with Crippen molar-refractivity contribution in [1.82, 2.24) is 4.98 Å². The van der Waals surface area contributed by atoms with Crippen molar-refractivity contribution in [1.29, 1.82) is 0 Å². The molecule has 0 radical (unpaired) electrons. The summed E-state index contributed by atoms with van der Waals surface area (Å²) in [5.74, 6) is -0.515. The molecule has 1 heterocycles. The van der Waals surface area contributed by atoms with Crippen LogP contribution in [0.25, 0.3) is 0 Å². The van der Waals surface area contributed by atoms with E-state index in [1.807, 2.05) is 13.8 Å². The molecule has 0 aromatic carbocycles. The lowest BCUT2D eigenvalue weighted by Gasteiger charge is -2.18. The fraction of sp³-hybridized carbons (Fsp3) is 0.353. The molecule has 0 bridgehead atoms. The van der Waals surface area contributed by atoms with Crippen LogP contribution in [0.1, 0.15) is 39.2 Å². The molecule has 0 fully saturated rings. The predicted molar refractivity (Wildman–Crippen MR) is 79.8 cm³/mol. The highest BCUT2D eigenvalue weighted by Crippen LogP contribution is 2.27. The van der Waals surface area contributed by atoms with Crippen LogP contribution < -0.4 is 0 Å². The van der Waals surface area contributed by atoms with Crippen LogP contribution in [-0.4, -0.2) is 10.7 Å². The van der Waals surface area contributed by atoms with Crippen molar-refractivity contribution in [2.24, 2.45) is 0 Å². The monoisotopic (exact) mass is 277 g/mol. The third-order valence-corrected chi connectivity index (χ3v) is 2.92. The van der Waals surface area contributed by atoms with Gasteiger partial charge in [-0.2, -0.15) is 0 Å². The number of allylic oxidation sites excluding steroid dienone is 5. The Labute approximate surface area is 119 Å². The predicted octanol–water partition coefficient (Wildman–Crippen LogP) is 5.13. The SMILES string of the molecule is C=C(C)/C=C\C(=C/C(C)c1cncc(F)c1)C(C)(C)F. The summed E-state index contributed by atoms with van der Waals surface area (Å²) in [5.41, 5.74) is 0.633. The molecular formula is C17H21F2N. The van der Waals surface area contributed by atoms with E-state index >= 15 is 0 Å². The van der Waals surface area contributed by atoms with Gasteiger partial charge in [0.15, 0.2) is 0 Å². The topological polar surface area (TPSA) is 12.9 Å². The van der Waals surface area contributed by atoms with E-state index in [2.05, 4.69) is 11.6 Å². The molecule has 1 rings (SSSR count). The zero-order chi connectivity index (χ0) is 15.3. The van der Waals surface area contributed by atoms with E-state index in [1.54, 1.807) is 24.4 Å². The summed E-state index contributed by atoms with van der Waals surface area (Å²) in [6.45, 7) is 10.5. The Morgan fingerprint density at radius 2 is 2.00 bits per heavy atom. The number of hydrogen-bond acceptors (Lipinski definition) is 1. The van der Waals surface area contributed by atoms with Gasteiger partial charge in [0, 0.05) is 12.1 Å². The highest BCUT2D eigenvalue weighted by atomic mass is 19.1. The first-order valence-electron chi connectivity index (χ1n) is 6.55. The normalized spacial score (nSPS) is 14.6. The van der Waals surface area contributed by atoms with Crippen LogP contribution in [0.5, 0.6) is 0 Å². The van der Waals surface area contributed by atoms with E-state index in [0.29, 0.717) is 5.57 Å². The van der Waals surface area contributed by atoms with Crippen molar-refractivity contribution >= 4 is 0 Å². The Morgan fingerprint density at radius 3 is 2.50 bits per heavy atom. The maximum Gasteiger partial charge on any atom is 0.141 e. The molecule has 0 aliphatic carbocycles. The van der Waals surface area contributed by atoms with Gasteiger partial charge in [-0.25, -0.2) is 8.78 Å². The summed E-state index contributed by atoms with van der Waals surface area (Å²) < 4.78 is 27.4. The second kappa shape index (κ2) is 6.60. The van der Waals surface area contributed by atoms with Crippen LogP contribution in [-0.2, 0) is 0 Å². The lowest BCUT2D eigenvalue weighted by molar-refractivity contribution is 0.273. The first kappa shape index (κ1) is 16.3. The molecular weight excluding hydrogens is 256 g/mol. The van der Waals surface area contributed by atoms with Gasteiger partial charge in [-0.05, 0) is 38.0 Å². The summed E-state index contributed by atoms with van der Waals surface area (Å²) in [4.78, 5) is 3.82. The highest BCUT2D eigenvalue weighted by molar-refractivity contribution is 5.34. The van der Waals surface area contributed by atoms with E-state index in [1.165, 1.54) is 19.9 Å². The van der Waals surface area contributed by atoms with Crippen molar-refractivity contribution in [3.05, 3.63) is 65.8 Å². The zero-order valence-corrected chi connectivity index (χ0v) is 12.5. The van der Waals surface area contributed by atoms with Crippen LogP contribution in [0.4, 0.5) is 8.78 Å². The first-order valence-corrected chi connectivity index (χ1v) is 6.55. The summed E-state index contributed by atoms with van der Waals surface area (Å²) in [6, 6.07) is 1.42. The van der Waals surface area contributed by atoms with Gasteiger partial charge in [0.25, 0.3) is 0 Å². The second-order valence-corrected chi connectivity index (χ2v) is 5.50. The largest absolute Gasteiger partial charge is 0.261 e. The van der Waals surface area contributed by atoms with E-state index in [0.717, 1.165) is 17.3 Å². The number of pyridine rings is 1. The maximum atomic E-state index is 14.2. The van der Waals surface area contributed by atoms with Gasteiger partial charge in [-0.3, -0.25) is 4.98 Å². The molecule has 0 saturated carbocycles. The van der Waals surface area contributed by atoms with E-state index < -0.39 is 5.67 Å². The molecule has 1 atom stereocenters. The molecule has 0 N–H and O–H groups in total. The smallest absolute Gasteiger partial charge is 0.141 e. The molecule has 0 amide bonds. The Morgan fingerprint density at radius 1 is 1.35 bits per heavy atom. The lowest BCUT2D eigenvalue weighted by Crippen LogP contribution is -2.15. The fourth-order valence-corrected chi connectivity index (χ4v) is 1.73. The molecule has 3 heteroatoms. The number of aromatic nitrogens is 1. The van der Waals surface area contributed by atoms with Crippen molar-refractivity contribution < 1.29 is 8.78 Å². The second-order valence-electron chi connectivity index (χ2n) is 5.50. The maximum absolute atomic E-state index is 14.2. The number of halogens is 2. The molecule has 1 aromatic rings. The van der Waals surface area contributed by atoms with Gasteiger partial charge in [0.2, 0.25) is 0 Å². The molecule has 20 heavy (non-hydrogen) atoms. The third kappa shape index (κ3) is 5.08. The number of rotatable bonds is 5. The molecule has 0 aliphatic heterocycles. The summed E-state index contributed by atoms with van der Waals surface area (Å²) in [7, 11) is 0. The van der Waals surface area contributed by atoms with Gasteiger partial charge in [0.1, 0.15) is 11.5 Å². The average molecular weight is 277 g/mol. The minimum Gasteiger partial charge on any atom is -0.261 e. The zero-order valence-electron chi connectivity index (χ0n) is 12.5. The summed E-state index contributed by atoms with van der Waals surface area (Å²) in [6.07, 6.45) is 8.02. The Bertz CT molecular complexity index is 536. The van der Waals surface area contributed by atoms with Crippen LogP contribution in [0, 0.1) is 5.82 Å². The molecule has 0 saturated heterocycles. The fourth-order valence-electron chi connectivity index (χ4n) is 1.73. The quantitative estimate of drug-likeness (QED) is 0.680. The van der Waals surface area contributed by atoms with Crippen molar-refractivity contribution in [2.75, 3.05) is 0 Å². The first-order chi connectivity index (χ1) is 9.20. The third-order valence-electron chi connectivity index (χ3n) is 2.92. The van der Waals surface area contributed by atoms with Crippen LogP contribution >= 0.6 is 0 Å². The minimum atomic E-state index is -1.47. The van der Waals surface area contributed by atoms with Crippen molar-refractivity contribution in [2.45, 2.75) is 39.3 Å². The molecule has 1 unspecified atom stereocenters. The van der Waals surface area contributed by atoms with Gasteiger partial charge >= 0.3 is 0 Å². The molecule has 108 valence electrons. The van der Waals surface area contributed by atoms with Crippen LogP contribution in [0.2, 0.25) is 0 Å². The van der Waals surface area contributed by atoms with Gasteiger partial charge in [-0.1, -0.05) is 37.3 Å². The van der Waals surface area contributed by atoms with Gasteiger partial charge in [0.05, 0.1) is 6.20 Å². The van der Waals surface area contributed by atoms with E-state index in [-0.39, 0.29) is 11.7 Å². The standard InChI is InChI=1S/C17H21F2N/c1-12(2)6-7-15(17(4,5)19)8-13(3)14-9-16(18)11-20-10-14/h6-11,13H,1H2,2-5H3/b7-6-,15-8+. The van der Waals surface area contributed by atoms with Gasteiger partial charge in [-0.15, -0.1) is 0 Å². The Kier molecular flexibility index (Phi) is 5.37. The lowest BCUT2D eigenvalue weighted by atomic mass is 9.92. The molecule has 1 aromatic heterocycles. The van der Waals surface area contributed by atoms with Gasteiger partial charge < -0.3 is 0 Å². The number of hydrogen-bond donors (Lipinski definition) is 0. The Hall–Kier alpha value is -1.77. The van der Waals surface area contributed by atoms with Crippen LogP contribution in [0.15, 0.2) is 54.4 Å². The van der Waals surface area contributed by atoms with E-state index in [4.69, 9.17) is 0 Å². The molecule has 0 aliphatic rings. The van der Waals surface area contributed by atoms with E-state index in [9.17, 15) is 8.78 Å². The number of nitrogens with zero attached hydrogens (tertiary/aromatic N) is 1. The van der Waals surface area contributed by atoms with Crippen LogP contribution in [0.3, 0.4) is 0 Å². The minimum absolute atomic E-state index is 0.127. The average Bonchev–Trinajstić information content (AvgIpc) is 2.32. The summed E-state index contributed by atoms with van der Waals surface area (Å²) in [5, 5.41) is 0. The molecule has 1 nitrogen and oxygen atoms in total.